The monoisotopic (exact) mass is 323 g/mol. The van der Waals surface area contributed by atoms with Crippen LogP contribution in [-0.4, -0.2) is 22.8 Å². The smallest absolute Gasteiger partial charge is 0.352 e. The number of aromatic nitrogens is 1. The van der Waals surface area contributed by atoms with Gasteiger partial charge < -0.3 is 14.4 Å². The van der Waals surface area contributed by atoms with Gasteiger partial charge in [0.2, 0.25) is 0 Å². The third kappa shape index (κ3) is 3.00. The van der Waals surface area contributed by atoms with Crippen molar-refractivity contribution >= 4 is 16.9 Å². The van der Waals surface area contributed by atoms with Gasteiger partial charge in [0.1, 0.15) is 11.4 Å². The fourth-order valence-electron chi connectivity index (χ4n) is 2.89. The Hall–Kier alpha value is -2.75. The van der Waals surface area contributed by atoms with E-state index in [4.69, 9.17) is 4.74 Å². The first-order valence-electron chi connectivity index (χ1n) is 7.99. The zero-order chi connectivity index (χ0) is 17.3. The third-order valence-corrected chi connectivity index (χ3v) is 4.31. The largest absolute Gasteiger partial charge is 0.497 e. The summed E-state index contributed by atoms with van der Waals surface area (Å²) in [4.78, 5) is 11.7. The second kappa shape index (κ2) is 6.40. The molecule has 0 bridgehead atoms. The van der Waals surface area contributed by atoms with Gasteiger partial charge in [-0.2, -0.15) is 0 Å². The van der Waals surface area contributed by atoms with Crippen molar-refractivity contribution in [2.75, 3.05) is 7.11 Å². The topological polar surface area (TPSA) is 51.5 Å². The van der Waals surface area contributed by atoms with Crippen molar-refractivity contribution in [3.05, 3.63) is 65.4 Å². The van der Waals surface area contributed by atoms with E-state index in [9.17, 15) is 9.90 Å². The molecule has 0 saturated heterocycles. The molecular weight excluding hydrogens is 302 g/mol. The van der Waals surface area contributed by atoms with Crippen LogP contribution in [0.4, 0.5) is 0 Å². The summed E-state index contributed by atoms with van der Waals surface area (Å²) in [6.07, 6.45) is 0. The van der Waals surface area contributed by atoms with Gasteiger partial charge in [-0.15, -0.1) is 0 Å². The number of hydrogen-bond donors (Lipinski definition) is 1. The SMILES string of the molecule is COc1ccc(Cn2c(C(=O)O)cc3ccc(C(C)C)cc32)cc1. The lowest BCUT2D eigenvalue weighted by molar-refractivity contribution is 0.0686. The summed E-state index contributed by atoms with van der Waals surface area (Å²) < 4.78 is 7.04. The highest BCUT2D eigenvalue weighted by molar-refractivity contribution is 5.95. The molecule has 0 unspecified atom stereocenters. The van der Waals surface area contributed by atoms with Crippen LogP contribution in [0.15, 0.2) is 48.5 Å². The van der Waals surface area contributed by atoms with Crippen LogP contribution in [0.3, 0.4) is 0 Å². The van der Waals surface area contributed by atoms with Gasteiger partial charge in [0.15, 0.2) is 0 Å². The number of methoxy groups -OCH3 is 1. The number of fused-ring (bicyclic) bond motifs is 1. The third-order valence-electron chi connectivity index (χ3n) is 4.31. The molecule has 0 saturated carbocycles. The summed E-state index contributed by atoms with van der Waals surface area (Å²) in [6.45, 7) is 4.78. The van der Waals surface area contributed by atoms with Crippen molar-refractivity contribution in [2.24, 2.45) is 0 Å². The van der Waals surface area contributed by atoms with Crippen LogP contribution in [0.2, 0.25) is 0 Å². The summed E-state index contributed by atoms with van der Waals surface area (Å²) in [7, 11) is 1.63. The Labute approximate surface area is 141 Å². The number of carboxylic acid groups (broad SMARTS) is 1. The standard InChI is InChI=1S/C20H21NO3/c1-13(2)15-6-7-16-11-19(20(22)23)21(18(16)10-15)12-14-4-8-17(24-3)9-5-14/h4-11,13H,12H2,1-3H3,(H,22,23). The molecule has 3 aromatic rings. The van der Waals surface area contributed by atoms with E-state index in [-0.39, 0.29) is 0 Å². The van der Waals surface area contributed by atoms with Gasteiger partial charge in [-0.3, -0.25) is 0 Å². The molecule has 0 amide bonds. The van der Waals surface area contributed by atoms with Crippen LogP contribution < -0.4 is 4.74 Å². The van der Waals surface area contributed by atoms with Crippen LogP contribution in [-0.2, 0) is 6.54 Å². The van der Waals surface area contributed by atoms with Gasteiger partial charge in [-0.25, -0.2) is 4.79 Å². The average molecular weight is 323 g/mol. The van der Waals surface area contributed by atoms with Gasteiger partial charge in [0, 0.05) is 17.4 Å². The molecule has 0 aliphatic carbocycles. The number of carboxylic acids is 1. The Morgan fingerprint density at radius 2 is 1.83 bits per heavy atom. The van der Waals surface area contributed by atoms with Crippen LogP contribution in [0, 0.1) is 0 Å². The normalized spacial score (nSPS) is 11.2. The maximum atomic E-state index is 11.7. The predicted molar refractivity (Wildman–Crippen MR) is 95.1 cm³/mol. The van der Waals surface area contributed by atoms with Crippen LogP contribution >= 0.6 is 0 Å². The maximum absolute atomic E-state index is 11.7. The Bertz CT molecular complexity index is 876. The first-order valence-corrected chi connectivity index (χ1v) is 7.99. The number of hydrogen-bond acceptors (Lipinski definition) is 2. The molecular formula is C20H21NO3. The second-order valence-corrected chi connectivity index (χ2v) is 6.24. The Morgan fingerprint density at radius 1 is 1.12 bits per heavy atom. The van der Waals surface area contributed by atoms with E-state index in [1.807, 2.05) is 34.9 Å². The molecule has 1 aromatic heterocycles. The van der Waals surface area contributed by atoms with Crippen molar-refractivity contribution in [3.63, 3.8) is 0 Å². The first-order chi connectivity index (χ1) is 11.5. The number of nitrogens with zero attached hydrogens (tertiary/aromatic N) is 1. The van der Waals surface area contributed by atoms with E-state index < -0.39 is 5.97 Å². The predicted octanol–water partition coefficient (Wildman–Crippen LogP) is 4.52. The Kier molecular flexibility index (Phi) is 4.30. The quantitative estimate of drug-likeness (QED) is 0.751. The van der Waals surface area contributed by atoms with Crippen LogP contribution in [0.1, 0.15) is 41.4 Å². The lowest BCUT2D eigenvalue weighted by Crippen LogP contribution is -2.09. The van der Waals surface area contributed by atoms with E-state index in [1.54, 1.807) is 13.2 Å². The highest BCUT2D eigenvalue weighted by Crippen LogP contribution is 2.26. The fraction of sp³-hybridized carbons (Fsp3) is 0.250. The number of benzene rings is 2. The molecule has 4 nitrogen and oxygen atoms in total. The number of aromatic carboxylic acids is 1. The lowest BCUT2D eigenvalue weighted by atomic mass is 10.0. The zero-order valence-corrected chi connectivity index (χ0v) is 14.1. The van der Waals surface area contributed by atoms with Crippen molar-refractivity contribution < 1.29 is 14.6 Å². The second-order valence-electron chi connectivity index (χ2n) is 6.24. The van der Waals surface area contributed by atoms with Gasteiger partial charge in [0.25, 0.3) is 0 Å². The van der Waals surface area contributed by atoms with Crippen LogP contribution in [0.5, 0.6) is 5.75 Å². The molecule has 0 atom stereocenters. The van der Waals surface area contributed by atoms with E-state index in [0.717, 1.165) is 22.2 Å². The van der Waals surface area contributed by atoms with Gasteiger partial charge >= 0.3 is 5.97 Å². The minimum Gasteiger partial charge on any atom is -0.497 e. The molecule has 124 valence electrons. The molecule has 0 spiro atoms. The minimum atomic E-state index is -0.911. The van der Waals surface area contributed by atoms with E-state index in [2.05, 4.69) is 26.0 Å². The van der Waals surface area contributed by atoms with E-state index in [1.165, 1.54) is 5.56 Å². The van der Waals surface area contributed by atoms with E-state index >= 15 is 0 Å². The Morgan fingerprint density at radius 3 is 2.42 bits per heavy atom. The van der Waals surface area contributed by atoms with Crippen molar-refractivity contribution in [2.45, 2.75) is 26.3 Å². The summed E-state index contributed by atoms with van der Waals surface area (Å²) >= 11 is 0. The molecule has 0 radical (unpaired) electrons. The molecule has 3 rings (SSSR count). The summed E-state index contributed by atoms with van der Waals surface area (Å²) in [6, 6.07) is 15.6. The highest BCUT2D eigenvalue weighted by Gasteiger charge is 2.16. The highest BCUT2D eigenvalue weighted by atomic mass is 16.5. The minimum absolute atomic E-state index is 0.307. The summed E-state index contributed by atoms with van der Waals surface area (Å²) in [5.74, 6) is 0.273. The molecule has 1 heterocycles. The molecule has 0 fully saturated rings. The van der Waals surface area contributed by atoms with E-state index in [0.29, 0.717) is 18.2 Å². The molecule has 2 aromatic carbocycles. The number of ether oxygens (including phenoxy) is 1. The van der Waals surface area contributed by atoms with Gasteiger partial charge in [-0.05, 0) is 41.3 Å². The summed E-state index contributed by atoms with van der Waals surface area (Å²) in [5, 5.41) is 10.5. The first kappa shape index (κ1) is 16.1. The Balaban J connectivity index is 2.10. The van der Waals surface area contributed by atoms with Crippen molar-refractivity contribution in [1.29, 1.82) is 0 Å². The van der Waals surface area contributed by atoms with Gasteiger partial charge in [-0.1, -0.05) is 38.1 Å². The number of carbonyl (C=O) groups is 1. The fourth-order valence-corrected chi connectivity index (χ4v) is 2.89. The summed E-state index contributed by atoms with van der Waals surface area (Å²) in [5.41, 5.74) is 3.50. The molecule has 1 N–H and O–H groups in total. The van der Waals surface area contributed by atoms with Gasteiger partial charge in [0.05, 0.1) is 7.11 Å². The lowest BCUT2D eigenvalue weighted by Gasteiger charge is -2.11. The molecule has 4 heteroatoms. The number of rotatable bonds is 5. The van der Waals surface area contributed by atoms with Crippen LogP contribution in [0.25, 0.3) is 10.9 Å². The zero-order valence-electron chi connectivity index (χ0n) is 14.1. The molecule has 0 aliphatic heterocycles. The average Bonchev–Trinajstić information content (AvgIpc) is 2.93. The van der Waals surface area contributed by atoms with Crippen molar-refractivity contribution in [3.8, 4) is 5.75 Å². The maximum Gasteiger partial charge on any atom is 0.352 e. The van der Waals surface area contributed by atoms with Crippen molar-refractivity contribution in [1.82, 2.24) is 4.57 Å². The molecule has 24 heavy (non-hydrogen) atoms. The molecule has 0 aliphatic rings.